The third-order valence-corrected chi connectivity index (χ3v) is 3.59. The summed E-state index contributed by atoms with van der Waals surface area (Å²) >= 11 is 3.45. The van der Waals surface area contributed by atoms with Crippen LogP contribution in [0.3, 0.4) is 0 Å². The molecule has 0 radical (unpaired) electrons. The minimum absolute atomic E-state index is 0.213. The number of benzene rings is 1. The Balaban J connectivity index is 2.72. The Labute approximate surface area is 108 Å². The monoisotopic (exact) mass is 283 g/mol. The average Bonchev–Trinajstić information content (AvgIpc) is 2.17. The van der Waals surface area contributed by atoms with E-state index in [1.165, 1.54) is 18.4 Å². The third-order valence-electron chi connectivity index (χ3n) is 3.06. The molecule has 2 atom stereocenters. The molecule has 0 aliphatic heterocycles. The first-order chi connectivity index (χ1) is 7.45. The normalized spacial score (nSPS) is 16.8. The molecule has 1 rings (SSSR count). The van der Waals surface area contributed by atoms with Gasteiger partial charge in [-0.2, -0.15) is 0 Å². The quantitative estimate of drug-likeness (QED) is 0.849. The fourth-order valence-electron chi connectivity index (χ4n) is 2.27. The average molecular weight is 284 g/mol. The van der Waals surface area contributed by atoms with Gasteiger partial charge in [0.2, 0.25) is 0 Å². The molecule has 2 unspecified atom stereocenters. The number of hydrogen-bond donors (Lipinski definition) is 1. The van der Waals surface area contributed by atoms with E-state index >= 15 is 0 Å². The minimum atomic E-state index is -0.213. The van der Waals surface area contributed by atoms with Crippen molar-refractivity contribution in [3.63, 3.8) is 0 Å². The first-order valence-corrected chi connectivity index (χ1v) is 6.80. The minimum Gasteiger partial charge on any atom is -0.322 e. The Morgan fingerprint density at radius 1 is 1.31 bits per heavy atom. The van der Waals surface area contributed by atoms with Gasteiger partial charge in [-0.25, -0.2) is 0 Å². The molecule has 0 aliphatic carbocycles. The highest BCUT2D eigenvalue weighted by molar-refractivity contribution is 9.10. The molecule has 16 heavy (non-hydrogen) atoms. The van der Waals surface area contributed by atoms with Gasteiger partial charge in [-0.1, -0.05) is 54.8 Å². The van der Waals surface area contributed by atoms with E-state index in [-0.39, 0.29) is 5.54 Å². The van der Waals surface area contributed by atoms with Gasteiger partial charge in [0, 0.05) is 10.0 Å². The van der Waals surface area contributed by atoms with E-state index in [1.807, 2.05) is 0 Å². The topological polar surface area (TPSA) is 26.0 Å². The maximum absolute atomic E-state index is 6.40. The van der Waals surface area contributed by atoms with Crippen LogP contribution in [0.2, 0.25) is 0 Å². The standard InChI is InChI=1S/C14H22BrN/c1-4-5-11(2)10-14(3,16)12-6-8-13(15)9-7-12/h6-9,11H,4-5,10,16H2,1-3H3. The predicted molar refractivity (Wildman–Crippen MR) is 74.4 cm³/mol. The van der Waals surface area contributed by atoms with Gasteiger partial charge in [0.1, 0.15) is 0 Å². The summed E-state index contributed by atoms with van der Waals surface area (Å²) in [4.78, 5) is 0. The molecule has 0 spiro atoms. The Hall–Kier alpha value is -0.340. The molecule has 0 saturated heterocycles. The molecule has 0 heterocycles. The molecular weight excluding hydrogens is 262 g/mol. The van der Waals surface area contributed by atoms with Crippen LogP contribution in [-0.4, -0.2) is 0 Å². The van der Waals surface area contributed by atoms with Gasteiger partial charge in [0.25, 0.3) is 0 Å². The third kappa shape index (κ3) is 3.91. The molecule has 2 heteroatoms. The highest BCUT2D eigenvalue weighted by Gasteiger charge is 2.23. The van der Waals surface area contributed by atoms with Crippen molar-refractivity contribution in [1.29, 1.82) is 0 Å². The van der Waals surface area contributed by atoms with Crippen molar-refractivity contribution in [3.05, 3.63) is 34.3 Å². The fraction of sp³-hybridized carbons (Fsp3) is 0.571. The predicted octanol–water partition coefficient (Wildman–Crippen LogP) is 4.45. The van der Waals surface area contributed by atoms with Crippen LogP contribution in [0.15, 0.2) is 28.7 Å². The molecule has 0 amide bonds. The van der Waals surface area contributed by atoms with E-state index < -0.39 is 0 Å². The molecule has 0 saturated carbocycles. The smallest absolute Gasteiger partial charge is 0.0383 e. The SMILES string of the molecule is CCCC(C)CC(C)(N)c1ccc(Br)cc1. The second-order valence-electron chi connectivity index (χ2n) is 5.02. The zero-order valence-electron chi connectivity index (χ0n) is 10.5. The van der Waals surface area contributed by atoms with Gasteiger partial charge in [0.15, 0.2) is 0 Å². The Morgan fingerprint density at radius 3 is 2.38 bits per heavy atom. The highest BCUT2D eigenvalue weighted by Crippen LogP contribution is 2.28. The zero-order valence-corrected chi connectivity index (χ0v) is 12.0. The molecule has 1 aromatic carbocycles. The summed E-state index contributed by atoms with van der Waals surface area (Å²) in [5, 5.41) is 0. The highest BCUT2D eigenvalue weighted by atomic mass is 79.9. The number of nitrogens with two attached hydrogens (primary N) is 1. The van der Waals surface area contributed by atoms with Gasteiger partial charge in [-0.3, -0.25) is 0 Å². The fourth-order valence-corrected chi connectivity index (χ4v) is 2.53. The van der Waals surface area contributed by atoms with Gasteiger partial charge in [0.05, 0.1) is 0 Å². The van der Waals surface area contributed by atoms with Crippen LogP contribution in [0.25, 0.3) is 0 Å². The lowest BCUT2D eigenvalue weighted by Crippen LogP contribution is -2.34. The Bertz CT molecular complexity index is 316. The van der Waals surface area contributed by atoms with Crippen LogP contribution in [-0.2, 0) is 5.54 Å². The van der Waals surface area contributed by atoms with Crippen LogP contribution >= 0.6 is 15.9 Å². The lowest BCUT2D eigenvalue weighted by atomic mass is 9.83. The summed E-state index contributed by atoms with van der Waals surface area (Å²) < 4.78 is 1.11. The lowest BCUT2D eigenvalue weighted by molar-refractivity contribution is 0.346. The number of halogens is 1. The molecule has 2 N–H and O–H groups in total. The van der Waals surface area contributed by atoms with Gasteiger partial charge < -0.3 is 5.73 Å². The van der Waals surface area contributed by atoms with Crippen molar-refractivity contribution in [1.82, 2.24) is 0 Å². The number of rotatable bonds is 5. The van der Waals surface area contributed by atoms with Crippen molar-refractivity contribution in [2.45, 2.75) is 45.6 Å². The van der Waals surface area contributed by atoms with E-state index in [0.717, 1.165) is 10.9 Å². The number of hydrogen-bond acceptors (Lipinski definition) is 1. The first-order valence-electron chi connectivity index (χ1n) is 6.00. The van der Waals surface area contributed by atoms with Crippen molar-refractivity contribution in [2.24, 2.45) is 11.7 Å². The van der Waals surface area contributed by atoms with Gasteiger partial charge in [-0.15, -0.1) is 0 Å². The molecule has 1 nitrogen and oxygen atoms in total. The summed E-state index contributed by atoms with van der Waals surface area (Å²) in [5.41, 5.74) is 7.41. The van der Waals surface area contributed by atoms with Gasteiger partial charge in [-0.05, 0) is 37.0 Å². The summed E-state index contributed by atoms with van der Waals surface area (Å²) in [6.07, 6.45) is 3.53. The summed E-state index contributed by atoms with van der Waals surface area (Å²) in [6, 6.07) is 8.35. The molecule has 1 aromatic rings. The van der Waals surface area contributed by atoms with Crippen molar-refractivity contribution < 1.29 is 0 Å². The van der Waals surface area contributed by atoms with E-state index in [0.29, 0.717) is 5.92 Å². The Morgan fingerprint density at radius 2 is 1.88 bits per heavy atom. The van der Waals surface area contributed by atoms with E-state index in [1.54, 1.807) is 0 Å². The zero-order chi connectivity index (χ0) is 12.2. The molecular formula is C14H22BrN. The maximum Gasteiger partial charge on any atom is 0.0383 e. The largest absolute Gasteiger partial charge is 0.322 e. The van der Waals surface area contributed by atoms with Crippen molar-refractivity contribution in [3.8, 4) is 0 Å². The molecule has 0 aliphatic rings. The van der Waals surface area contributed by atoms with Crippen molar-refractivity contribution in [2.75, 3.05) is 0 Å². The van der Waals surface area contributed by atoms with Crippen LogP contribution in [0.4, 0.5) is 0 Å². The van der Waals surface area contributed by atoms with Gasteiger partial charge >= 0.3 is 0 Å². The van der Waals surface area contributed by atoms with E-state index in [2.05, 4.69) is 61.0 Å². The maximum atomic E-state index is 6.40. The molecule has 0 bridgehead atoms. The second kappa shape index (κ2) is 5.83. The summed E-state index contributed by atoms with van der Waals surface area (Å²) in [6.45, 7) is 6.64. The lowest BCUT2D eigenvalue weighted by Gasteiger charge is -2.28. The Kier molecular flexibility index (Phi) is 5.00. The second-order valence-corrected chi connectivity index (χ2v) is 5.94. The van der Waals surface area contributed by atoms with Crippen LogP contribution < -0.4 is 5.73 Å². The molecule has 90 valence electrons. The molecule has 0 aromatic heterocycles. The van der Waals surface area contributed by atoms with E-state index in [9.17, 15) is 0 Å². The van der Waals surface area contributed by atoms with Crippen molar-refractivity contribution >= 4 is 15.9 Å². The molecule has 0 fully saturated rings. The first kappa shape index (κ1) is 13.7. The summed E-state index contributed by atoms with van der Waals surface area (Å²) in [5.74, 6) is 0.684. The van der Waals surface area contributed by atoms with Crippen LogP contribution in [0.5, 0.6) is 0 Å². The van der Waals surface area contributed by atoms with E-state index in [4.69, 9.17) is 5.73 Å². The summed E-state index contributed by atoms with van der Waals surface area (Å²) in [7, 11) is 0. The van der Waals surface area contributed by atoms with Crippen LogP contribution in [0.1, 0.15) is 45.6 Å². The van der Waals surface area contributed by atoms with Crippen LogP contribution in [0, 0.1) is 5.92 Å².